The minimum Gasteiger partial charge on any atom is -0.476 e. The predicted molar refractivity (Wildman–Crippen MR) is 74.9 cm³/mol. The fraction of sp³-hybridized carbons (Fsp3) is 0.462. The highest BCUT2D eigenvalue weighted by Gasteiger charge is 2.29. The van der Waals surface area contributed by atoms with Crippen molar-refractivity contribution in [3.05, 3.63) is 22.2 Å². The minimum atomic E-state index is -0.616. The standard InChI is InChI=1S/C13H17BrN2O2/c1-13(2,3)7-4-8(14)11-9(5-7)16-12(17)10(6-15)18-11/h4-5,10H,6,15H2,1-3H3,(H,16,17). The van der Waals surface area contributed by atoms with Crippen LogP contribution in [-0.4, -0.2) is 18.6 Å². The van der Waals surface area contributed by atoms with Crippen LogP contribution in [0, 0.1) is 0 Å². The van der Waals surface area contributed by atoms with Gasteiger partial charge < -0.3 is 15.8 Å². The highest BCUT2D eigenvalue weighted by atomic mass is 79.9. The highest BCUT2D eigenvalue weighted by molar-refractivity contribution is 9.10. The first-order chi connectivity index (χ1) is 8.32. The Hall–Kier alpha value is -1.07. The smallest absolute Gasteiger partial charge is 0.266 e. The van der Waals surface area contributed by atoms with Gasteiger partial charge in [0.25, 0.3) is 5.91 Å². The van der Waals surface area contributed by atoms with Crippen LogP contribution in [-0.2, 0) is 10.2 Å². The lowest BCUT2D eigenvalue weighted by molar-refractivity contribution is -0.123. The van der Waals surface area contributed by atoms with Crippen LogP contribution in [0.3, 0.4) is 0 Å². The molecule has 1 unspecified atom stereocenters. The van der Waals surface area contributed by atoms with E-state index in [1.54, 1.807) is 0 Å². The average molecular weight is 313 g/mol. The van der Waals surface area contributed by atoms with Crippen LogP contribution in [0.2, 0.25) is 0 Å². The summed E-state index contributed by atoms with van der Waals surface area (Å²) in [5.74, 6) is 0.459. The van der Waals surface area contributed by atoms with Crippen LogP contribution in [0.1, 0.15) is 26.3 Å². The Morgan fingerprint density at radius 1 is 1.44 bits per heavy atom. The summed E-state index contributed by atoms with van der Waals surface area (Å²) in [6, 6.07) is 3.97. The van der Waals surface area contributed by atoms with Crippen LogP contribution in [0.4, 0.5) is 5.69 Å². The van der Waals surface area contributed by atoms with E-state index in [4.69, 9.17) is 10.5 Å². The zero-order valence-electron chi connectivity index (χ0n) is 10.7. The summed E-state index contributed by atoms with van der Waals surface area (Å²) >= 11 is 3.48. The van der Waals surface area contributed by atoms with Crippen LogP contribution in [0.5, 0.6) is 5.75 Å². The molecule has 0 saturated heterocycles. The Labute approximate surface area is 115 Å². The lowest BCUT2D eigenvalue weighted by Gasteiger charge is -2.28. The number of carbonyl (C=O) groups excluding carboxylic acids is 1. The van der Waals surface area contributed by atoms with Crippen LogP contribution in [0.25, 0.3) is 0 Å². The van der Waals surface area contributed by atoms with Crippen molar-refractivity contribution >= 4 is 27.5 Å². The number of carbonyl (C=O) groups is 1. The highest BCUT2D eigenvalue weighted by Crippen LogP contribution is 2.40. The first-order valence-electron chi connectivity index (χ1n) is 5.84. The molecule has 1 aromatic rings. The van der Waals surface area contributed by atoms with Gasteiger partial charge in [-0.25, -0.2) is 0 Å². The number of hydrogen-bond donors (Lipinski definition) is 2. The Kier molecular flexibility index (Phi) is 3.38. The number of anilines is 1. The molecule has 0 radical (unpaired) electrons. The molecule has 4 nitrogen and oxygen atoms in total. The zero-order valence-corrected chi connectivity index (χ0v) is 12.3. The van der Waals surface area contributed by atoms with Gasteiger partial charge in [-0.1, -0.05) is 20.8 Å². The summed E-state index contributed by atoms with van der Waals surface area (Å²) in [5, 5.41) is 2.84. The summed E-state index contributed by atoms with van der Waals surface area (Å²) in [7, 11) is 0. The van der Waals surface area contributed by atoms with Gasteiger partial charge in [-0.05, 0) is 39.0 Å². The van der Waals surface area contributed by atoms with E-state index in [-0.39, 0.29) is 17.9 Å². The summed E-state index contributed by atoms with van der Waals surface area (Å²) < 4.78 is 6.44. The molecule has 3 N–H and O–H groups in total. The van der Waals surface area contributed by atoms with Gasteiger partial charge in [0, 0.05) is 6.54 Å². The monoisotopic (exact) mass is 312 g/mol. The summed E-state index contributed by atoms with van der Waals surface area (Å²) in [6.45, 7) is 6.53. The zero-order chi connectivity index (χ0) is 13.5. The third-order valence-electron chi connectivity index (χ3n) is 2.93. The molecule has 1 heterocycles. The quantitative estimate of drug-likeness (QED) is 0.837. The number of ether oxygens (including phenoxy) is 1. The second kappa shape index (κ2) is 4.55. The van der Waals surface area contributed by atoms with E-state index in [0.717, 1.165) is 10.0 Å². The molecule has 0 aliphatic carbocycles. The Morgan fingerprint density at radius 2 is 2.11 bits per heavy atom. The minimum absolute atomic E-state index is 0.00694. The van der Waals surface area contributed by atoms with Crippen molar-refractivity contribution < 1.29 is 9.53 Å². The molecule has 1 aliphatic rings. The van der Waals surface area contributed by atoms with Gasteiger partial charge in [0.1, 0.15) is 0 Å². The Balaban J connectivity index is 2.47. The summed E-state index contributed by atoms with van der Waals surface area (Å²) in [6.07, 6.45) is -0.616. The van der Waals surface area contributed by atoms with Crippen LogP contribution >= 0.6 is 15.9 Å². The first kappa shape index (κ1) is 13.4. The SMILES string of the molecule is CC(C)(C)c1cc(Br)c2c(c1)NC(=O)C(CN)O2. The molecule has 18 heavy (non-hydrogen) atoms. The summed E-state index contributed by atoms with van der Waals surface area (Å²) in [5.41, 5.74) is 7.33. The molecule has 5 heteroatoms. The fourth-order valence-electron chi connectivity index (χ4n) is 1.80. The van der Waals surface area contributed by atoms with Crippen molar-refractivity contribution in [2.75, 3.05) is 11.9 Å². The third kappa shape index (κ3) is 2.37. The van der Waals surface area contributed by atoms with Gasteiger partial charge in [-0.2, -0.15) is 0 Å². The van der Waals surface area contributed by atoms with Gasteiger partial charge >= 0.3 is 0 Å². The normalized spacial score (nSPS) is 18.9. The van der Waals surface area contributed by atoms with Crippen LogP contribution < -0.4 is 15.8 Å². The van der Waals surface area contributed by atoms with E-state index < -0.39 is 6.10 Å². The molecule has 1 aromatic carbocycles. The Bertz CT molecular complexity index is 494. The van der Waals surface area contributed by atoms with Crippen LogP contribution in [0.15, 0.2) is 16.6 Å². The van der Waals surface area contributed by atoms with Crippen molar-refractivity contribution in [3.63, 3.8) is 0 Å². The molecule has 0 spiro atoms. The van der Waals surface area contributed by atoms with Gasteiger partial charge in [0.05, 0.1) is 10.2 Å². The second-order valence-electron chi connectivity index (χ2n) is 5.42. The number of benzene rings is 1. The molecular formula is C13H17BrN2O2. The van der Waals surface area contributed by atoms with Crippen molar-refractivity contribution in [1.82, 2.24) is 0 Å². The number of halogens is 1. The van der Waals surface area contributed by atoms with E-state index in [1.165, 1.54) is 0 Å². The van der Waals surface area contributed by atoms with Crippen molar-refractivity contribution in [3.8, 4) is 5.75 Å². The average Bonchev–Trinajstić information content (AvgIpc) is 2.26. The number of nitrogens with two attached hydrogens (primary N) is 1. The molecule has 2 rings (SSSR count). The second-order valence-corrected chi connectivity index (χ2v) is 6.27. The first-order valence-corrected chi connectivity index (χ1v) is 6.64. The van der Waals surface area contributed by atoms with Gasteiger partial charge in [-0.3, -0.25) is 4.79 Å². The molecule has 98 valence electrons. The molecule has 1 aliphatic heterocycles. The lowest BCUT2D eigenvalue weighted by atomic mass is 9.86. The van der Waals surface area contributed by atoms with Gasteiger partial charge in [0.2, 0.25) is 0 Å². The Morgan fingerprint density at radius 3 is 2.67 bits per heavy atom. The molecule has 0 fully saturated rings. The van der Waals surface area contributed by atoms with Gasteiger partial charge in [-0.15, -0.1) is 0 Å². The molecular weight excluding hydrogens is 296 g/mol. The van der Waals surface area contributed by atoms with Gasteiger partial charge in [0.15, 0.2) is 11.9 Å². The maximum Gasteiger partial charge on any atom is 0.266 e. The molecule has 0 bridgehead atoms. The summed E-state index contributed by atoms with van der Waals surface area (Å²) in [4.78, 5) is 11.7. The number of rotatable bonds is 1. The molecule has 0 saturated carbocycles. The largest absolute Gasteiger partial charge is 0.476 e. The maximum absolute atomic E-state index is 11.7. The maximum atomic E-state index is 11.7. The van der Waals surface area contributed by atoms with E-state index in [1.807, 2.05) is 12.1 Å². The van der Waals surface area contributed by atoms with E-state index in [2.05, 4.69) is 42.0 Å². The molecule has 1 amide bonds. The number of amides is 1. The van der Waals surface area contributed by atoms with Crippen molar-refractivity contribution in [1.29, 1.82) is 0 Å². The van der Waals surface area contributed by atoms with E-state index in [9.17, 15) is 4.79 Å². The number of fused-ring (bicyclic) bond motifs is 1. The lowest BCUT2D eigenvalue weighted by Crippen LogP contribution is -2.42. The molecule has 1 atom stereocenters. The van der Waals surface area contributed by atoms with E-state index in [0.29, 0.717) is 11.4 Å². The predicted octanol–water partition coefficient (Wildman–Crippen LogP) is 2.40. The van der Waals surface area contributed by atoms with Crippen molar-refractivity contribution in [2.24, 2.45) is 5.73 Å². The van der Waals surface area contributed by atoms with Crippen molar-refractivity contribution in [2.45, 2.75) is 32.3 Å². The topological polar surface area (TPSA) is 64.4 Å². The fourth-order valence-corrected chi connectivity index (χ4v) is 2.36. The number of hydrogen-bond acceptors (Lipinski definition) is 3. The molecule has 0 aromatic heterocycles. The van der Waals surface area contributed by atoms with E-state index >= 15 is 0 Å². The third-order valence-corrected chi connectivity index (χ3v) is 3.52. The number of nitrogens with one attached hydrogen (secondary N) is 1.